The number of ketones is 4. The van der Waals surface area contributed by atoms with Crippen LogP contribution in [0, 0.1) is 0 Å². The van der Waals surface area contributed by atoms with E-state index in [1.165, 1.54) is 12.2 Å². The number of nitrogens with one attached hydrogen (secondary N) is 1. The molecular weight excluding hydrogens is 540 g/mol. The van der Waals surface area contributed by atoms with E-state index >= 15 is 0 Å². The van der Waals surface area contributed by atoms with Crippen LogP contribution in [0.15, 0.2) is 121 Å². The second kappa shape index (κ2) is 16.3. The smallest absolute Gasteiger partial charge is 0.186 e. The maximum Gasteiger partial charge on any atom is 0.186 e. The number of hydrogen-bond acceptors (Lipinski definition) is 7. The van der Waals surface area contributed by atoms with E-state index in [0.717, 1.165) is 11.4 Å². The monoisotopic (exact) mass is 576 g/mol. The van der Waals surface area contributed by atoms with Gasteiger partial charge in [0.1, 0.15) is 0 Å². The number of allylic oxidation sites excluding steroid dienone is 2. The number of rotatable bonds is 3. The predicted molar refractivity (Wildman–Crippen MR) is 171 cm³/mol. The molecule has 4 aromatic rings. The molecule has 0 saturated heterocycles. The number of anilines is 2. The van der Waals surface area contributed by atoms with E-state index in [1.54, 1.807) is 55.5 Å². The summed E-state index contributed by atoms with van der Waals surface area (Å²) in [7, 11) is 3.77. The van der Waals surface area contributed by atoms with Gasteiger partial charge in [0.15, 0.2) is 23.1 Å². The minimum Gasteiger partial charge on any atom is -0.397 e. The van der Waals surface area contributed by atoms with Crippen LogP contribution >= 0.6 is 0 Å². The zero-order valence-electron chi connectivity index (χ0n) is 24.6. The van der Waals surface area contributed by atoms with Crippen LogP contribution in [-0.2, 0) is 0 Å². The van der Waals surface area contributed by atoms with E-state index < -0.39 is 6.04 Å². The van der Waals surface area contributed by atoms with E-state index in [0.29, 0.717) is 22.3 Å². The summed E-state index contributed by atoms with van der Waals surface area (Å²) in [5, 5.41) is 10.6. The van der Waals surface area contributed by atoms with Crippen molar-refractivity contribution in [3.8, 4) is 0 Å². The van der Waals surface area contributed by atoms with E-state index in [2.05, 4.69) is 5.32 Å². The predicted octanol–water partition coefficient (Wildman–Crippen LogP) is 6.31. The normalized spacial score (nSPS) is 14.4. The number of Topliss-reactive ketones (excluding diaryl/α,β-unsaturated/α-hetero) is 2. The fourth-order valence-corrected chi connectivity index (χ4v) is 4.50. The summed E-state index contributed by atoms with van der Waals surface area (Å²) in [5.74, 6) is -0.130. The summed E-state index contributed by atoms with van der Waals surface area (Å²) in [6, 6.07) is 33.2. The fourth-order valence-electron chi connectivity index (χ4n) is 4.50. The van der Waals surface area contributed by atoms with Crippen molar-refractivity contribution in [1.82, 2.24) is 0 Å². The molecule has 7 heteroatoms. The molecule has 0 spiro atoms. The zero-order chi connectivity index (χ0) is 31.2. The molecule has 0 aliphatic heterocycles. The first kappa shape index (κ1) is 32.4. The van der Waals surface area contributed by atoms with Crippen molar-refractivity contribution in [3.05, 3.63) is 144 Å². The van der Waals surface area contributed by atoms with Crippen LogP contribution in [0.2, 0.25) is 0 Å². The Morgan fingerprint density at radius 3 is 1.56 bits per heavy atom. The van der Waals surface area contributed by atoms with Crippen LogP contribution in [0.4, 0.5) is 11.4 Å². The van der Waals surface area contributed by atoms with Gasteiger partial charge < -0.3 is 15.3 Å². The van der Waals surface area contributed by atoms with Crippen LogP contribution in [0.25, 0.3) is 0 Å². The first-order valence-electron chi connectivity index (χ1n) is 14.0. The molecule has 6 rings (SSSR count). The quantitative estimate of drug-likeness (QED) is 0.295. The van der Waals surface area contributed by atoms with Crippen molar-refractivity contribution in [2.24, 2.45) is 0 Å². The van der Waals surface area contributed by atoms with Crippen molar-refractivity contribution < 1.29 is 24.3 Å². The van der Waals surface area contributed by atoms with Crippen LogP contribution in [0.1, 0.15) is 54.8 Å². The number of aliphatic hydroxyl groups is 1. The maximum atomic E-state index is 12.6. The molecule has 43 heavy (non-hydrogen) atoms. The molecule has 2 aliphatic rings. The zero-order valence-corrected chi connectivity index (χ0v) is 24.6. The molecule has 1 atom stereocenters. The third kappa shape index (κ3) is 8.67. The third-order valence-electron chi connectivity index (χ3n) is 6.71. The van der Waals surface area contributed by atoms with Gasteiger partial charge in [0.2, 0.25) is 0 Å². The first-order chi connectivity index (χ1) is 20.8. The molecule has 0 heterocycles. The highest BCUT2D eigenvalue weighted by Crippen LogP contribution is 2.27. The van der Waals surface area contributed by atoms with Gasteiger partial charge in [-0.3, -0.25) is 19.2 Å². The van der Waals surface area contributed by atoms with Gasteiger partial charge in [-0.1, -0.05) is 84.9 Å². The minimum absolute atomic E-state index is 0.0200. The van der Waals surface area contributed by atoms with Gasteiger partial charge in [0.05, 0.1) is 6.04 Å². The molecule has 2 aliphatic carbocycles. The number of carbonyl (C=O) groups is 4. The number of aliphatic hydroxyl groups excluding tert-OH is 1. The second-order valence-electron chi connectivity index (χ2n) is 9.54. The summed E-state index contributed by atoms with van der Waals surface area (Å²) in [6.45, 7) is 1.93. The van der Waals surface area contributed by atoms with Gasteiger partial charge >= 0.3 is 0 Å². The molecule has 0 radical (unpaired) electrons. The molecule has 2 N–H and O–H groups in total. The number of nitrogens with zero attached hydrogens (tertiary/aromatic N) is 1. The molecule has 7 nitrogen and oxygen atoms in total. The van der Waals surface area contributed by atoms with Crippen molar-refractivity contribution in [2.75, 3.05) is 30.9 Å². The Balaban J connectivity index is 0.000000186. The van der Waals surface area contributed by atoms with E-state index in [-0.39, 0.29) is 36.2 Å². The highest BCUT2D eigenvalue weighted by molar-refractivity contribution is 6.22. The lowest BCUT2D eigenvalue weighted by molar-refractivity contribution is 0.0866. The van der Waals surface area contributed by atoms with Gasteiger partial charge in [-0.2, -0.15) is 0 Å². The molecule has 1 unspecified atom stereocenters. The summed E-state index contributed by atoms with van der Waals surface area (Å²) in [6.07, 6.45) is 2.86. The number of carbonyl (C=O) groups excluding carboxylic acids is 4. The Bertz CT molecular complexity index is 1530. The Morgan fingerprint density at radius 2 is 1.09 bits per heavy atom. The van der Waals surface area contributed by atoms with Crippen LogP contribution in [0.5, 0.6) is 0 Å². The summed E-state index contributed by atoms with van der Waals surface area (Å²) < 4.78 is 0. The molecule has 0 aromatic heterocycles. The summed E-state index contributed by atoms with van der Waals surface area (Å²) in [5.41, 5.74) is 4.20. The largest absolute Gasteiger partial charge is 0.397 e. The number of benzene rings is 4. The SMILES string of the molecule is CCO.CN(c1ccccc1)C1CC(=O)c2ccccc2C1=O.CNc1ccccc1.O=C1C=CC(=O)c2ccccc21. The Labute approximate surface area is 252 Å². The molecule has 4 aromatic carbocycles. The molecule has 0 bridgehead atoms. The highest BCUT2D eigenvalue weighted by Gasteiger charge is 2.34. The number of fused-ring (bicyclic) bond motifs is 2. The Morgan fingerprint density at radius 1 is 0.674 bits per heavy atom. The maximum absolute atomic E-state index is 12.6. The average molecular weight is 577 g/mol. The number of likely N-dealkylation sites (N-methyl/N-ethyl adjacent to an activating group) is 1. The number of para-hydroxylation sites is 2. The van der Waals surface area contributed by atoms with Gasteiger partial charge in [0, 0.05) is 60.8 Å². The van der Waals surface area contributed by atoms with Crippen molar-refractivity contribution in [2.45, 2.75) is 19.4 Å². The number of hydrogen-bond donors (Lipinski definition) is 2. The van der Waals surface area contributed by atoms with E-state index in [4.69, 9.17) is 5.11 Å². The molecule has 0 saturated carbocycles. The van der Waals surface area contributed by atoms with Gasteiger partial charge in [0.25, 0.3) is 0 Å². The lowest BCUT2D eigenvalue weighted by Gasteiger charge is -2.31. The molecular formula is C36H36N2O5. The fraction of sp³-hybridized carbons (Fsp3) is 0.167. The lowest BCUT2D eigenvalue weighted by atomic mass is 9.85. The standard InChI is InChI=1S/C17H15NO2.C10H6O2.C7H9N.C2H6O/c1-18(12-7-3-2-4-8-12)15-11-16(19)13-9-5-6-10-14(13)17(15)20;11-9-5-6-10(12)8-4-2-1-3-7(8)9;1-8-7-5-3-2-4-6-7;1-2-3/h2-10,15H,11H2,1H3;1-6H;2-6,8H,1H3;3H,2H2,1H3. The molecule has 0 fully saturated rings. The van der Waals surface area contributed by atoms with Crippen LogP contribution < -0.4 is 10.2 Å². The van der Waals surface area contributed by atoms with E-state index in [9.17, 15) is 19.2 Å². The second-order valence-corrected chi connectivity index (χ2v) is 9.54. The van der Waals surface area contributed by atoms with E-state index in [1.807, 2.05) is 79.7 Å². The van der Waals surface area contributed by atoms with Crippen LogP contribution in [-0.4, -0.2) is 55.0 Å². The van der Waals surface area contributed by atoms with Gasteiger partial charge in [-0.25, -0.2) is 0 Å². The van der Waals surface area contributed by atoms with Crippen LogP contribution in [0.3, 0.4) is 0 Å². The minimum atomic E-state index is -0.417. The molecule has 220 valence electrons. The average Bonchev–Trinajstić information content (AvgIpc) is 3.06. The molecule has 0 amide bonds. The third-order valence-corrected chi connectivity index (χ3v) is 6.71. The van der Waals surface area contributed by atoms with Crippen molar-refractivity contribution in [3.63, 3.8) is 0 Å². The van der Waals surface area contributed by atoms with Crippen molar-refractivity contribution in [1.29, 1.82) is 0 Å². The topological polar surface area (TPSA) is 104 Å². The van der Waals surface area contributed by atoms with Gasteiger partial charge in [-0.15, -0.1) is 0 Å². The summed E-state index contributed by atoms with van der Waals surface area (Å²) in [4.78, 5) is 49.1. The Hall–Kier alpha value is -5.14. The Kier molecular flexibility index (Phi) is 12.3. The summed E-state index contributed by atoms with van der Waals surface area (Å²) >= 11 is 0. The lowest BCUT2D eigenvalue weighted by Crippen LogP contribution is -2.43. The first-order valence-corrected chi connectivity index (χ1v) is 14.0. The highest BCUT2D eigenvalue weighted by atomic mass is 16.2. The van der Waals surface area contributed by atoms with Gasteiger partial charge in [-0.05, 0) is 43.3 Å². The van der Waals surface area contributed by atoms with Crippen molar-refractivity contribution >= 4 is 34.5 Å².